The molecule has 0 heterocycles. The maximum Gasteiger partial charge on any atom is 2.00 e. The summed E-state index contributed by atoms with van der Waals surface area (Å²) in [6.07, 6.45) is 0. The molecule has 0 saturated heterocycles. The first-order valence-electron chi connectivity index (χ1n) is 2.89. The van der Waals surface area contributed by atoms with Gasteiger partial charge in [-0.25, -0.2) is 0 Å². The molecule has 0 aromatic rings. The Hall–Kier alpha value is 0.0888. The number of rotatable bonds is 0. The average molecular weight is 125 g/mol. The molecule has 0 aliphatic rings. The van der Waals surface area contributed by atoms with Gasteiger partial charge in [-0.1, -0.05) is 27.7 Å². The summed E-state index contributed by atoms with van der Waals surface area (Å²) in [6.45, 7) is 7.33. The SMILES string of the molecule is CC(C)[NH-].CC(C)[NH-].[Be+2]. The number of hydrogen-bond acceptors (Lipinski definition) is 0. The van der Waals surface area contributed by atoms with Crippen LogP contribution in [0.25, 0.3) is 11.5 Å². The van der Waals surface area contributed by atoms with Crippen molar-refractivity contribution in [1.29, 1.82) is 0 Å². The first kappa shape index (κ1) is 16.0. The van der Waals surface area contributed by atoms with Crippen LogP contribution in [0.15, 0.2) is 0 Å². The van der Waals surface area contributed by atoms with Gasteiger partial charge in [0.05, 0.1) is 0 Å². The van der Waals surface area contributed by atoms with E-state index in [-0.39, 0.29) is 22.2 Å². The Balaban J connectivity index is -0.0000000720. The Morgan fingerprint density at radius 1 is 0.778 bits per heavy atom. The van der Waals surface area contributed by atoms with Gasteiger partial charge in [0.15, 0.2) is 0 Å². The largest absolute Gasteiger partial charge is 2.00 e. The second-order valence-corrected chi connectivity index (χ2v) is 2.31. The molecule has 0 bridgehead atoms. The summed E-state index contributed by atoms with van der Waals surface area (Å²) >= 11 is 0. The molecule has 0 atom stereocenters. The summed E-state index contributed by atoms with van der Waals surface area (Å²) in [4.78, 5) is 0. The van der Waals surface area contributed by atoms with Crippen molar-refractivity contribution in [3.63, 3.8) is 0 Å². The predicted octanol–water partition coefficient (Wildman–Crippen LogP) is 2.51. The molecule has 2 N–H and O–H groups in total. The summed E-state index contributed by atoms with van der Waals surface area (Å²) in [5.41, 5.74) is 13.2. The third-order valence-electron chi connectivity index (χ3n) is 0. The zero-order valence-electron chi connectivity index (χ0n) is 6.86. The maximum atomic E-state index is 6.58. The molecule has 0 aromatic carbocycles. The van der Waals surface area contributed by atoms with E-state index in [0.717, 1.165) is 0 Å². The molecule has 0 saturated carbocycles. The normalized spacial score (nSPS) is 8.00. The molecule has 0 rings (SSSR count). The van der Waals surface area contributed by atoms with Crippen LogP contribution < -0.4 is 0 Å². The van der Waals surface area contributed by atoms with Gasteiger partial charge in [0.25, 0.3) is 0 Å². The van der Waals surface area contributed by atoms with Crippen LogP contribution in [-0.2, 0) is 0 Å². The van der Waals surface area contributed by atoms with Crippen LogP contribution in [-0.4, -0.2) is 22.2 Å². The van der Waals surface area contributed by atoms with Gasteiger partial charge in [-0.3, -0.25) is 0 Å². The van der Waals surface area contributed by atoms with Crippen molar-refractivity contribution in [3.05, 3.63) is 11.5 Å². The zero-order valence-corrected chi connectivity index (χ0v) is 6.86. The van der Waals surface area contributed by atoms with Gasteiger partial charge in [0.2, 0.25) is 0 Å². The Labute approximate surface area is 62.2 Å². The Morgan fingerprint density at radius 2 is 0.778 bits per heavy atom. The molecule has 0 aliphatic heterocycles. The summed E-state index contributed by atoms with van der Waals surface area (Å²) < 4.78 is 0. The minimum atomic E-state index is 0. The van der Waals surface area contributed by atoms with Gasteiger partial charge >= 0.3 is 10.1 Å². The van der Waals surface area contributed by atoms with Gasteiger partial charge in [-0.05, 0) is 0 Å². The molecule has 0 amide bonds. The Kier molecular flexibility index (Phi) is 19.5. The van der Waals surface area contributed by atoms with E-state index in [0.29, 0.717) is 0 Å². The fourth-order valence-corrected chi connectivity index (χ4v) is 0. The van der Waals surface area contributed by atoms with Crippen molar-refractivity contribution in [2.75, 3.05) is 0 Å². The van der Waals surface area contributed by atoms with E-state index in [1.807, 2.05) is 27.7 Å². The van der Waals surface area contributed by atoms with Gasteiger partial charge in [0, 0.05) is 0 Å². The molecule has 9 heavy (non-hydrogen) atoms. The van der Waals surface area contributed by atoms with Crippen molar-refractivity contribution in [2.24, 2.45) is 0 Å². The fraction of sp³-hybridized carbons (Fsp3) is 1.00. The number of nitrogens with one attached hydrogen (secondary N) is 2. The average Bonchev–Trinajstić information content (AvgIpc) is 1.25. The third-order valence-corrected chi connectivity index (χ3v) is 0. The van der Waals surface area contributed by atoms with Crippen molar-refractivity contribution < 1.29 is 0 Å². The molecule has 52 valence electrons. The molecule has 0 unspecified atom stereocenters. The van der Waals surface area contributed by atoms with Gasteiger partial charge in [0.1, 0.15) is 0 Å². The fourth-order valence-electron chi connectivity index (χ4n) is 0. The monoisotopic (exact) mass is 125 g/mol. The summed E-state index contributed by atoms with van der Waals surface area (Å²) in [7, 11) is 0. The molecule has 0 spiro atoms. The second kappa shape index (κ2) is 11.0. The third kappa shape index (κ3) is 38000. The minimum Gasteiger partial charge on any atom is -0.675 e. The van der Waals surface area contributed by atoms with E-state index in [9.17, 15) is 0 Å². The molecular weight excluding hydrogens is 109 g/mol. The van der Waals surface area contributed by atoms with Crippen LogP contribution in [0.2, 0.25) is 0 Å². The molecule has 0 fully saturated rings. The van der Waals surface area contributed by atoms with Crippen molar-refractivity contribution in [3.8, 4) is 0 Å². The van der Waals surface area contributed by atoms with E-state index in [2.05, 4.69) is 0 Å². The first-order chi connectivity index (χ1) is 3.46. The van der Waals surface area contributed by atoms with E-state index in [1.165, 1.54) is 0 Å². The molecule has 0 radical (unpaired) electrons. The first-order valence-corrected chi connectivity index (χ1v) is 2.89. The standard InChI is InChI=1S/2C3H8N.Be/c2*1-3(2)4;/h2*3-4H,1-2H3;/q2*-1;+2. The summed E-state index contributed by atoms with van der Waals surface area (Å²) in [5.74, 6) is 0. The van der Waals surface area contributed by atoms with Crippen LogP contribution in [0.3, 0.4) is 0 Å². The second-order valence-electron chi connectivity index (χ2n) is 2.31. The van der Waals surface area contributed by atoms with Gasteiger partial charge < -0.3 is 11.5 Å². The van der Waals surface area contributed by atoms with E-state index in [1.54, 1.807) is 0 Å². The topological polar surface area (TPSA) is 47.6 Å². The minimum absolute atomic E-state index is 0. The van der Waals surface area contributed by atoms with Crippen LogP contribution in [0, 0.1) is 0 Å². The molecule has 3 heteroatoms. The van der Waals surface area contributed by atoms with E-state index in [4.69, 9.17) is 11.5 Å². The Morgan fingerprint density at radius 3 is 0.778 bits per heavy atom. The van der Waals surface area contributed by atoms with Crippen LogP contribution in [0.4, 0.5) is 0 Å². The van der Waals surface area contributed by atoms with E-state index < -0.39 is 0 Å². The molecule has 2 nitrogen and oxygen atoms in total. The van der Waals surface area contributed by atoms with Gasteiger partial charge in [-0.2, -0.15) is 0 Å². The van der Waals surface area contributed by atoms with E-state index >= 15 is 0 Å². The summed E-state index contributed by atoms with van der Waals surface area (Å²) in [6, 6.07) is 0.167. The van der Waals surface area contributed by atoms with Crippen molar-refractivity contribution in [1.82, 2.24) is 0 Å². The molecule has 0 aliphatic carbocycles. The van der Waals surface area contributed by atoms with Gasteiger partial charge in [-0.15, -0.1) is 12.1 Å². The molecular formula is C6H16BeN2. The zero-order chi connectivity index (χ0) is 7.15. The van der Waals surface area contributed by atoms with Crippen molar-refractivity contribution in [2.45, 2.75) is 39.8 Å². The van der Waals surface area contributed by atoms with Crippen LogP contribution in [0.5, 0.6) is 0 Å². The molecule has 0 aromatic heterocycles. The maximum absolute atomic E-state index is 6.58. The predicted molar refractivity (Wildman–Crippen MR) is 44.7 cm³/mol. The summed E-state index contributed by atoms with van der Waals surface area (Å²) in [5, 5.41) is 0. The Bertz CT molecular complexity index is 26.5. The smallest absolute Gasteiger partial charge is 0.675 e. The number of hydrogen-bond donors (Lipinski definition) is 0. The van der Waals surface area contributed by atoms with Crippen LogP contribution >= 0.6 is 0 Å². The quantitative estimate of drug-likeness (QED) is 0.447. The van der Waals surface area contributed by atoms with Crippen molar-refractivity contribution >= 4 is 10.1 Å². The van der Waals surface area contributed by atoms with Crippen LogP contribution in [0.1, 0.15) is 27.7 Å².